The second-order valence-corrected chi connectivity index (χ2v) is 7.95. The van der Waals surface area contributed by atoms with Crippen LogP contribution in [0.25, 0.3) is 11.3 Å². The molecule has 2 heterocycles. The van der Waals surface area contributed by atoms with Gasteiger partial charge in [0.05, 0.1) is 19.2 Å². The smallest absolute Gasteiger partial charge is 0.227 e. The van der Waals surface area contributed by atoms with E-state index in [1.807, 2.05) is 41.3 Å². The van der Waals surface area contributed by atoms with E-state index in [1.54, 1.807) is 7.11 Å². The third kappa shape index (κ3) is 4.68. The third-order valence-corrected chi connectivity index (χ3v) is 5.80. The highest BCUT2D eigenvalue weighted by Crippen LogP contribution is 2.24. The van der Waals surface area contributed by atoms with Gasteiger partial charge in [-0.05, 0) is 37.6 Å². The average Bonchev–Trinajstić information content (AvgIpc) is 2.80. The zero-order valence-electron chi connectivity index (χ0n) is 18.3. The van der Waals surface area contributed by atoms with Crippen LogP contribution in [-0.2, 0) is 11.2 Å². The van der Waals surface area contributed by atoms with Crippen LogP contribution >= 0.6 is 0 Å². The van der Waals surface area contributed by atoms with Gasteiger partial charge in [-0.2, -0.15) is 0 Å². The number of ether oxygens (including phenoxy) is 1. The van der Waals surface area contributed by atoms with Crippen molar-refractivity contribution < 1.29 is 9.53 Å². The van der Waals surface area contributed by atoms with Crippen molar-refractivity contribution in [1.29, 1.82) is 0 Å². The lowest BCUT2D eigenvalue weighted by Crippen LogP contribution is -2.49. The second-order valence-electron chi connectivity index (χ2n) is 7.95. The number of carbonyl (C=O) groups excluding carboxylic acids is 1. The van der Waals surface area contributed by atoms with Crippen molar-refractivity contribution in [2.75, 3.05) is 38.2 Å². The van der Waals surface area contributed by atoms with Gasteiger partial charge in [-0.15, -0.1) is 10.2 Å². The van der Waals surface area contributed by atoms with E-state index in [9.17, 15) is 4.79 Å². The fourth-order valence-electron chi connectivity index (χ4n) is 4.05. The predicted molar refractivity (Wildman–Crippen MR) is 122 cm³/mol. The lowest BCUT2D eigenvalue weighted by atomic mass is 10.0. The molecular weight excluding hydrogens is 388 g/mol. The molecule has 1 saturated heterocycles. The van der Waals surface area contributed by atoms with Crippen molar-refractivity contribution in [2.24, 2.45) is 0 Å². The Bertz CT molecular complexity index is 1060. The Balaban J connectivity index is 1.37. The summed E-state index contributed by atoms with van der Waals surface area (Å²) in [6, 6.07) is 18.1. The summed E-state index contributed by atoms with van der Waals surface area (Å²) < 4.78 is 5.37. The molecule has 0 atom stereocenters. The molecule has 2 aromatic carbocycles. The Morgan fingerprint density at radius 2 is 1.74 bits per heavy atom. The monoisotopic (exact) mass is 416 g/mol. The van der Waals surface area contributed by atoms with Crippen LogP contribution in [0.5, 0.6) is 5.75 Å². The highest BCUT2D eigenvalue weighted by molar-refractivity contribution is 5.79. The molecule has 4 rings (SSSR count). The third-order valence-electron chi connectivity index (χ3n) is 5.80. The highest BCUT2D eigenvalue weighted by atomic mass is 16.5. The number of amides is 1. The minimum absolute atomic E-state index is 0.125. The molecule has 3 aromatic rings. The minimum atomic E-state index is 0.125. The van der Waals surface area contributed by atoms with Gasteiger partial charge in [0.1, 0.15) is 5.75 Å². The summed E-state index contributed by atoms with van der Waals surface area (Å²) in [5.41, 5.74) is 5.35. The second kappa shape index (κ2) is 9.16. The molecular formula is C25H28N4O2. The number of aromatic nitrogens is 2. The molecule has 0 radical (unpaired) electrons. The highest BCUT2D eigenvalue weighted by Gasteiger charge is 2.23. The zero-order valence-corrected chi connectivity index (χ0v) is 18.3. The van der Waals surface area contributed by atoms with Crippen molar-refractivity contribution in [2.45, 2.75) is 20.3 Å². The minimum Gasteiger partial charge on any atom is -0.496 e. The van der Waals surface area contributed by atoms with Gasteiger partial charge in [-0.3, -0.25) is 4.79 Å². The maximum atomic E-state index is 12.8. The van der Waals surface area contributed by atoms with Gasteiger partial charge >= 0.3 is 0 Å². The lowest BCUT2D eigenvalue weighted by molar-refractivity contribution is -0.130. The number of methoxy groups -OCH3 is 1. The van der Waals surface area contributed by atoms with Crippen molar-refractivity contribution in [3.8, 4) is 17.0 Å². The van der Waals surface area contributed by atoms with Gasteiger partial charge in [0.15, 0.2) is 5.82 Å². The van der Waals surface area contributed by atoms with Crippen LogP contribution in [0.15, 0.2) is 54.6 Å². The molecule has 0 aliphatic carbocycles. The quantitative estimate of drug-likeness (QED) is 0.635. The number of aryl methyl sites for hydroxylation is 2. The topological polar surface area (TPSA) is 58.6 Å². The van der Waals surface area contributed by atoms with Gasteiger partial charge in [0, 0.05) is 37.3 Å². The van der Waals surface area contributed by atoms with Crippen LogP contribution in [0.4, 0.5) is 5.82 Å². The number of hydrogen-bond donors (Lipinski definition) is 0. The molecule has 1 aromatic heterocycles. The molecule has 1 aliphatic heterocycles. The summed E-state index contributed by atoms with van der Waals surface area (Å²) in [4.78, 5) is 16.9. The Kier molecular flexibility index (Phi) is 6.16. The molecule has 0 N–H and O–H groups in total. The maximum Gasteiger partial charge on any atom is 0.227 e. The van der Waals surface area contributed by atoms with Crippen LogP contribution in [-0.4, -0.2) is 54.3 Å². The fourth-order valence-corrected chi connectivity index (χ4v) is 4.05. The van der Waals surface area contributed by atoms with Crippen LogP contribution < -0.4 is 9.64 Å². The average molecular weight is 417 g/mol. The molecule has 6 heteroatoms. The molecule has 1 aliphatic rings. The van der Waals surface area contributed by atoms with Crippen molar-refractivity contribution in [1.82, 2.24) is 15.1 Å². The largest absolute Gasteiger partial charge is 0.496 e. The summed E-state index contributed by atoms with van der Waals surface area (Å²) in [5.74, 6) is 1.74. The number of rotatable bonds is 5. The van der Waals surface area contributed by atoms with Crippen molar-refractivity contribution in [3.63, 3.8) is 0 Å². The van der Waals surface area contributed by atoms with Gasteiger partial charge in [0.2, 0.25) is 5.91 Å². The van der Waals surface area contributed by atoms with Crippen LogP contribution in [0.1, 0.15) is 16.7 Å². The Hall–Kier alpha value is -3.41. The Morgan fingerprint density at radius 1 is 0.968 bits per heavy atom. The first-order valence-electron chi connectivity index (χ1n) is 10.6. The molecule has 31 heavy (non-hydrogen) atoms. The zero-order chi connectivity index (χ0) is 21.8. The summed E-state index contributed by atoms with van der Waals surface area (Å²) >= 11 is 0. The summed E-state index contributed by atoms with van der Waals surface area (Å²) in [7, 11) is 1.63. The first-order chi connectivity index (χ1) is 15.0. The number of para-hydroxylation sites is 1. The summed E-state index contributed by atoms with van der Waals surface area (Å²) in [5, 5.41) is 8.92. The van der Waals surface area contributed by atoms with E-state index < -0.39 is 0 Å². The molecule has 0 unspecified atom stereocenters. The number of hydrogen-bond acceptors (Lipinski definition) is 5. The molecule has 0 bridgehead atoms. The fraction of sp³-hybridized carbons (Fsp3) is 0.320. The number of anilines is 1. The van der Waals surface area contributed by atoms with E-state index >= 15 is 0 Å². The van der Waals surface area contributed by atoms with Crippen LogP contribution in [0.3, 0.4) is 0 Å². The lowest BCUT2D eigenvalue weighted by Gasteiger charge is -2.35. The summed E-state index contributed by atoms with van der Waals surface area (Å²) in [6.07, 6.45) is 0.356. The van der Waals surface area contributed by atoms with Gasteiger partial charge in [-0.25, -0.2) is 0 Å². The van der Waals surface area contributed by atoms with Crippen LogP contribution in [0.2, 0.25) is 0 Å². The van der Waals surface area contributed by atoms with E-state index in [0.29, 0.717) is 19.5 Å². The number of nitrogens with zero attached hydrogens (tertiary/aromatic N) is 4. The predicted octanol–water partition coefficient (Wildman–Crippen LogP) is 3.66. The maximum absolute atomic E-state index is 12.8. The van der Waals surface area contributed by atoms with Crippen molar-refractivity contribution in [3.05, 3.63) is 71.3 Å². The Morgan fingerprint density at radius 3 is 2.42 bits per heavy atom. The molecule has 6 nitrogen and oxygen atoms in total. The standard InChI is InChI=1S/C25H28N4O2/c1-18-8-9-21(19(2)16-18)22-10-11-24(27-26-22)28-12-14-29(15-13-28)25(30)17-20-6-4-5-7-23(20)31-3/h4-11,16H,12-15,17H2,1-3H3. The van der Waals surface area contributed by atoms with Crippen molar-refractivity contribution >= 4 is 11.7 Å². The molecule has 0 spiro atoms. The first kappa shape index (κ1) is 20.8. The molecule has 160 valence electrons. The van der Waals surface area contributed by atoms with Crippen LogP contribution in [0, 0.1) is 13.8 Å². The first-order valence-corrected chi connectivity index (χ1v) is 10.6. The van der Waals surface area contributed by atoms with Gasteiger partial charge in [0.25, 0.3) is 0 Å². The van der Waals surface area contributed by atoms with E-state index in [4.69, 9.17) is 4.74 Å². The van der Waals surface area contributed by atoms with Gasteiger partial charge in [-0.1, -0.05) is 42.0 Å². The van der Waals surface area contributed by atoms with Gasteiger partial charge < -0.3 is 14.5 Å². The molecule has 0 saturated carbocycles. The van der Waals surface area contributed by atoms with E-state index in [-0.39, 0.29) is 5.91 Å². The molecule has 1 fully saturated rings. The molecule has 1 amide bonds. The number of benzene rings is 2. The summed E-state index contributed by atoms with van der Waals surface area (Å²) in [6.45, 7) is 7.03. The van der Waals surface area contributed by atoms with E-state index in [2.05, 4.69) is 47.1 Å². The SMILES string of the molecule is COc1ccccc1CC(=O)N1CCN(c2ccc(-c3ccc(C)cc3C)nn2)CC1. The Labute approximate surface area is 183 Å². The normalized spacial score (nSPS) is 13.9. The number of piperazine rings is 1. The van der Waals surface area contributed by atoms with E-state index in [1.165, 1.54) is 11.1 Å². The number of carbonyl (C=O) groups is 1. The van der Waals surface area contributed by atoms with E-state index in [0.717, 1.165) is 41.5 Å².